The molecule has 2 aromatic carbocycles. The lowest BCUT2D eigenvalue weighted by molar-refractivity contribution is 0.0590. The van der Waals surface area contributed by atoms with Crippen LogP contribution in [0, 0.1) is 5.82 Å². The molecular formula is C20H22FN3O2. The second kappa shape index (κ2) is 8.47. The topological polar surface area (TPSA) is 53.9 Å². The van der Waals surface area contributed by atoms with Gasteiger partial charge in [-0.2, -0.15) is 0 Å². The molecule has 0 spiro atoms. The lowest BCUT2D eigenvalue weighted by atomic mass is 10.0. The van der Waals surface area contributed by atoms with E-state index in [4.69, 9.17) is 4.84 Å². The zero-order chi connectivity index (χ0) is 18.4. The monoisotopic (exact) mass is 355 g/mol. The van der Waals surface area contributed by atoms with E-state index in [1.54, 1.807) is 17.0 Å². The molecule has 1 heterocycles. The second-order valence-electron chi connectivity index (χ2n) is 6.18. The van der Waals surface area contributed by atoms with Gasteiger partial charge in [-0.3, -0.25) is 0 Å². The summed E-state index contributed by atoms with van der Waals surface area (Å²) in [6, 6.07) is 15.9. The van der Waals surface area contributed by atoms with Crippen molar-refractivity contribution in [3.05, 3.63) is 71.5 Å². The van der Waals surface area contributed by atoms with E-state index in [-0.39, 0.29) is 18.0 Å². The fourth-order valence-electron chi connectivity index (χ4n) is 2.91. The summed E-state index contributed by atoms with van der Waals surface area (Å²) in [5.74, 6) is -0.315. The number of carbonyl (C=O) groups is 1. The fourth-order valence-corrected chi connectivity index (χ4v) is 2.91. The van der Waals surface area contributed by atoms with Crippen LogP contribution in [0.3, 0.4) is 0 Å². The molecule has 0 bridgehead atoms. The minimum atomic E-state index is -0.315. The maximum absolute atomic E-state index is 13.4. The molecule has 0 saturated heterocycles. The number of urea groups is 1. The molecule has 0 fully saturated rings. The van der Waals surface area contributed by atoms with Crippen molar-refractivity contribution in [3.8, 4) is 0 Å². The van der Waals surface area contributed by atoms with Crippen LogP contribution in [0.2, 0.25) is 0 Å². The van der Waals surface area contributed by atoms with E-state index in [2.05, 4.69) is 10.5 Å². The minimum absolute atomic E-state index is 0.200. The highest BCUT2D eigenvalue weighted by atomic mass is 19.1. The van der Waals surface area contributed by atoms with Crippen LogP contribution in [-0.2, 0) is 11.4 Å². The summed E-state index contributed by atoms with van der Waals surface area (Å²) in [6.07, 6.45) is 0.407. The molecule has 3 rings (SSSR count). The lowest BCUT2D eigenvalue weighted by Gasteiger charge is -2.25. The Hall–Kier alpha value is -2.89. The fraction of sp³-hybridized carbons (Fsp3) is 0.300. The third kappa shape index (κ3) is 4.59. The van der Waals surface area contributed by atoms with Crippen molar-refractivity contribution < 1.29 is 14.0 Å². The quantitative estimate of drug-likeness (QED) is 0.861. The van der Waals surface area contributed by atoms with Gasteiger partial charge in [0.15, 0.2) is 6.10 Å². The van der Waals surface area contributed by atoms with Gasteiger partial charge in [-0.25, -0.2) is 9.18 Å². The molecule has 2 aromatic rings. The van der Waals surface area contributed by atoms with Crippen LogP contribution < -0.4 is 5.32 Å². The first kappa shape index (κ1) is 17.9. The Balaban J connectivity index is 1.66. The highest BCUT2D eigenvalue weighted by Gasteiger charge is 2.26. The number of hydrogen-bond acceptors (Lipinski definition) is 3. The van der Waals surface area contributed by atoms with Crippen molar-refractivity contribution in [3.63, 3.8) is 0 Å². The van der Waals surface area contributed by atoms with Crippen LogP contribution >= 0.6 is 0 Å². The third-order valence-electron chi connectivity index (χ3n) is 4.14. The number of hydrogen-bond donors (Lipinski definition) is 1. The molecule has 0 unspecified atom stereocenters. The number of benzene rings is 2. The zero-order valence-corrected chi connectivity index (χ0v) is 14.7. The summed E-state index contributed by atoms with van der Waals surface area (Å²) >= 11 is 0. The van der Waals surface area contributed by atoms with E-state index in [1.165, 1.54) is 12.1 Å². The molecule has 1 aliphatic rings. The summed E-state index contributed by atoms with van der Waals surface area (Å²) in [6.45, 7) is 3.07. The van der Waals surface area contributed by atoms with Gasteiger partial charge in [0, 0.05) is 19.5 Å². The number of amides is 2. The van der Waals surface area contributed by atoms with Crippen LogP contribution in [0.4, 0.5) is 9.18 Å². The normalized spacial score (nSPS) is 15.9. The Morgan fingerprint density at radius 2 is 2.08 bits per heavy atom. The SMILES string of the molecule is CCNC(=O)N(Cc1cccc(F)c1)C[C@@H]1CC(c2ccccc2)=NO1. The van der Waals surface area contributed by atoms with Crippen molar-refractivity contribution >= 4 is 11.7 Å². The number of rotatable bonds is 6. The molecule has 6 heteroatoms. The molecule has 136 valence electrons. The maximum Gasteiger partial charge on any atom is 0.317 e. The molecule has 1 aliphatic heterocycles. The Labute approximate surface area is 152 Å². The van der Waals surface area contributed by atoms with Gasteiger partial charge in [0.05, 0.1) is 12.3 Å². The Bertz CT molecular complexity index is 780. The first-order valence-corrected chi connectivity index (χ1v) is 8.71. The standard InChI is InChI=1S/C20H22FN3O2/c1-2-22-20(25)24(13-15-7-6-10-17(21)11-15)14-18-12-19(23-26-18)16-8-4-3-5-9-16/h3-11,18H,2,12-14H2,1H3,(H,22,25)/t18-/m0/s1. The van der Waals surface area contributed by atoms with Gasteiger partial charge >= 0.3 is 6.03 Å². The van der Waals surface area contributed by atoms with Crippen molar-refractivity contribution in [1.29, 1.82) is 0 Å². The van der Waals surface area contributed by atoms with Gasteiger partial charge in [-0.1, -0.05) is 47.6 Å². The van der Waals surface area contributed by atoms with Gasteiger partial charge in [-0.05, 0) is 30.2 Å². The molecule has 5 nitrogen and oxygen atoms in total. The van der Waals surface area contributed by atoms with Crippen molar-refractivity contribution in [2.24, 2.45) is 5.16 Å². The van der Waals surface area contributed by atoms with Crippen molar-refractivity contribution in [2.75, 3.05) is 13.1 Å². The summed E-state index contributed by atoms with van der Waals surface area (Å²) in [4.78, 5) is 19.6. The number of halogens is 1. The molecule has 2 amide bonds. The van der Waals surface area contributed by atoms with Crippen molar-refractivity contribution in [2.45, 2.75) is 26.0 Å². The third-order valence-corrected chi connectivity index (χ3v) is 4.14. The molecule has 0 aromatic heterocycles. The van der Waals surface area contributed by atoms with Crippen LogP contribution in [-0.4, -0.2) is 35.8 Å². The number of nitrogens with zero attached hydrogens (tertiary/aromatic N) is 2. The largest absolute Gasteiger partial charge is 0.390 e. The summed E-state index contributed by atoms with van der Waals surface area (Å²) < 4.78 is 13.4. The van der Waals surface area contributed by atoms with Gasteiger partial charge in [0.2, 0.25) is 0 Å². The molecule has 0 radical (unpaired) electrons. The lowest BCUT2D eigenvalue weighted by Crippen LogP contribution is -2.43. The van der Waals surface area contributed by atoms with Gasteiger partial charge in [-0.15, -0.1) is 0 Å². The van der Waals surface area contributed by atoms with E-state index < -0.39 is 0 Å². The van der Waals surface area contributed by atoms with Gasteiger partial charge in [0.1, 0.15) is 5.82 Å². The second-order valence-corrected chi connectivity index (χ2v) is 6.18. The minimum Gasteiger partial charge on any atom is -0.390 e. The first-order valence-electron chi connectivity index (χ1n) is 8.71. The Kier molecular flexibility index (Phi) is 5.84. The first-order chi connectivity index (χ1) is 12.7. The van der Waals surface area contributed by atoms with E-state index in [1.807, 2.05) is 37.3 Å². The molecule has 1 N–H and O–H groups in total. The van der Waals surface area contributed by atoms with E-state index in [0.717, 1.165) is 16.8 Å². The molecule has 0 saturated carbocycles. The summed E-state index contributed by atoms with van der Waals surface area (Å²) in [7, 11) is 0. The van der Waals surface area contributed by atoms with Crippen molar-refractivity contribution in [1.82, 2.24) is 10.2 Å². The maximum atomic E-state index is 13.4. The average Bonchev–Trinajstić information content (AvgIpc) is 3.11. The van der Waals surface area contributed by atoms with Crippen LogP contribution in [0.1, 0.15) is 24.5 Å². The molecule has 26 heavy (non-hydrogen) atoms. The highest BCUT2D eigenvalue weighted by Crippen LogP contribution is 2.18. The van der Waals surface area contributed by atoms with E-state index >= 15 is 0 Å². The van der Waals surface area contributed by atoms with E-state index in [0.29, 0.717) is 26.1 Å². The predicted octanol–water partition coefficient (Wildman–Crippen LogP) is 3.55. The average molecular weight is 355 g/mol. The summed E-state index contributed by atoms with van der Waals surface area (Å²) in [5, 5.41) is 6.96. The van der Waals surface area contributed by atoms with Crippen LogP contribution in [0.15, 0.2) is 59.8 Å². The molecule has 1 atom stereocenters. The number of carbonyl (C=O) groups excluding carboxylic acids is 1. The molecule has 0 aliphatic carbocycles. The Morgan fingerprint density at radius 3 is 2.81 bits per heavy atom. The Morgan fingerprint density at radius 1 is 1.27 bits per heavy atom. The number of nitrogens with one attached hydrogen (secondary N) is 1. The highest BCUT2D eigenvalue weighted by molar-refractivity contribution is 6.01. The predicted molar refractivity (Wildman–Crippen MR) is 98.4 cm³/mol. The van der Waals surface area contributed by atoms with Crippen LogP contribution in [0.25, 0.3) is 0 Å². The number of oxime groups is 1. The zero-order valence-electron chi connectivity index (χ0n) is 14.7. The van der Waals surface area contributed by atoms with Gasteiger partial charge < -0.3 is 15.1 Å². The van der Waals surface area contributed by atoms with Crippen LogP contribution in [0.5, 0.6) is 0 Å². The smallest absolute Gasteiger partial charge is 0.317 e. The summed E-state index contributed by atoms with van der Waals surface area (Å²) in [5.41, 5.74) is 2.63. The van der Waals surface area contributed by atoms with Gasteiger partial charge in [0.25, 0.3) is 0 Å². The molecular weight excluding hydrogens is 333 g/mol. The van der Waals surface area contributed by atoms with E-state index in [9.17, 15) is 9.18 Å².